The van der Waals surface area contributed by atoms with Gasteiger partial charge in [-0.25, -0.2) is 0 Å². The van der Waals surface area contributed by atoms with Crippen LogP contribution in [0.25, 0.3) is 0 Å². The van der Waals surface area contributed by atoms with Crippen molar-refractivity contribution in [3.63, 3.8) is 0 Å². The Labute approximate surface area is 165 Å². The summed E-state index contributed by atoms with van der Waals surface area (Å²) in [6.07, 6.45) is 7.43. The summed E-state index contributed by atoms with van der Waals surface area (Å²) >= 11 is 0. The number of hydrogen-bond donors (Lipinski definition) is 0. The molecule has 4 nitrogen and oxygen atoms in total. The minimum Gasteiger partial charge on any atom is -0.494 e. The third-order valence-electron chi connectivity index (χ3n) is 4.76. The SMILES string of the molecule is CCCC(=O)C(CCCCCCOc1cccc(N(C)C)c1)C(=O)CCC. The van der Waals surface area contributed by atoms with Crippen LogP contribution in [0.3, 0.4) is 0 Å². The second kappa shape index (κ2) is 13.3. The molecule has 0 N–H and O–H groups in total. The van der Waals surface area contributed by atoms with Crippen molar-refractivity contribution in [3.8, 4) is 5.75 Å². The highest BCUT2D eigenvalue weighted by Gasteiger charge is 2.23. The van der Waals surface area contributed by atoms with Gasteiger partial charge in [0, 0.05) is 38.7 Å². The van der Waals surface area contributed by atoms with Gasteiger partial charge in [-0.15, -0.1) is 0 Å². The fourth-order valence-electron chi connectivity index (χ4n) is 3.19. The van der Waals surface area contributed by atoms with Gasteiger partial charge >= 0.3 is 0 Å². The standard InChI is InChI=1S/C23H37NO3/c1-5-12-22(25)21(23(26)13-6-2)16-9-7-8-10-17-27-20-15-11-14-19(18-20)24(3)4/h11,14-15,18,21H,5-10,12-13,16-17H2,1-4H3. The molecular formula is C23H37NO3. The second-order valence-electron chi connectivity index (χ2n) is 7.43. The number of hydrogen-bond acceptors (Lipinski definition) is 4. The quantitative estimate of drug-likeness (QED) is 0.303. The van der Waals surface area contributed by atoms with Crippen LogP contribution < -0.4 is 9.64 Å². The van der Waals surface area contributed by atoms with Gasteiger partial charge in [0.15, 0.2) is 0 Å². The summed E-state index contributed by atoms with van der Waals surface area (Å²) in [6.45, 7) is 4.69. The molecule has 152 valence electrons. The third kappa shape index (κ3) is 9.07. The maximum Gasteiger partial charge on any atom is 0.143 e. The first-order chi connectivity index (χ1) is 13.0. The van der Waals surface area contributed by atoms with Crippen molar-refractivity contribution in [2.75, 3.05) is 25.6 Å². The molecule has 0 radical (unpaired) electrons. The maximum absolute atomic E-state index is 12.2. The largest absolute Gasteiger partial charge is 0.494 e. The monoisotopic (exact) mass is 375 g/mol. The van der Waals surface area contributed by atoms with Crippen molar-refractivity contribution in [2.45, 2.75) is 71.6 Å². The van der Waals surface area contributed by atoms with Gasteiger partial charge in [0.1, 0.15) is 17.3 Å². The lowest BCUT2D eigenvalue weighted by molar-refractivity contribution is -0.133. The van der Waals surface area contributed by atoms with E-state index in [0.717, 1.165) is 50.0 Å². The zero-order valence-electron chi connectivity index (χ0n) is 17.6. The van der Waals surface area contributed by atoms with Crippen LogP contribution in [0.2, 0.25) is 0 Å². The number of Topliss-reactive ketones (excluding diaryl/α,β-unsaturated/α-hetero) is 2. The van der Waals surface area contributed by atoms with Gasteiger partial charge in [-0.1, -0.05) is 39.2 Å². The highest BCUT2D eigenvalue weighted by molar-refractivity contribution is 6.02. The first-order valence-corrected chi connectivity index (χ1v) is 10.4. The van der Waals surface area contributed by atoms with Crippen LogP contribution in [-0.4, -0.2) is 32.3 Å². The van der Waals surface area contributed by atoms with Gasteiger partial charge in [-0.2, -0.15) is 0 Å². The normalized spacial score (nSPS) is 10.9. The van der Waals surface area contributed by atoms with E-state index < -0.39 is 0 Å². The molecule has 1 rings (SSSR count). The lowest BCUT2D eigenvalue weighted by atomic mass is 9.88. The van der Waals surface area contributed by atoms with Crippen molar-refractivity contribution in [1.29, 1.82) is 0 Å². The third-order valence-corrected chi connectivity index (χ3v) is 4.76. The molecule has 0 aromatic heterocycles. The minimum absolute atomic E-state index is 0.139. The molecule has 0 heterocycles. The molecule has 4 heteroatoms. The Balaban J connectivity index is 2.27. The zero-order chi connectivity index (χ0) is 20.1. The number of ketones is 2. The number of anilines is 1. The van der Waals surface area contributed by atoms with E-state index in [-0.39, 0.29) is 17.5 Å². The van der Waals surface area contributed by atoms with Crippen molar-refractivity contribution < 1.29 is 14.3 Å². The summed E-state index contributed by atoms with van der Waals surface area (Å²) in [4.78, 5) is 26.5. The smallest absolute Gasteiger partial charge is 0.143 e. The number of rotatable bonds is 15. The van der Waals surface area contributed by atoms with Crippen molar-refractivity contribution in [1.82, 2.24) is 0 Å². The van der Waals surface area contributed by atoms with E-state index in [1.54, 1.807) is 0 Å². The molecule has 0 saturated carbocycles. The molecule has 1 aromatic carbocycles. The molecule has 0 unspecified atom stereocenters. The predicted molar refractivity (Wildman–Crippen MR) is 113 cm³/mol. The highest BCUT2D eigenvalue weighted by Crippen LogP contribution is 2.20. The van der Waals surface area contributed by atoms with Crippen LogP contribution in [0, 0.1) is 5.92 Å². The summed E-state index contributed by atoms with van der Waals surface area (Å²) < 4.78 is 5.83. The fraction of sp³-hybridized carbons (Fsp3) is 0.652. The van der Waals surface area contributed by atoms with Crippen LogP contribution in [0.1, 0.15) is 71.6 Å². The Morgan fingerprint density at radius 2 is 1.59 bits per heavy atom. The molecule has 1 aromatic rings. The number of nitrogens with zero attached hydrogens (tertiary/aromatic N) is 1. The molecule has 0 amide bonds. The molecular weight excluding hydrogens is 338 g/mol. The number of unbranched alkanes of at least 4 members (excludes halogenated alkanes) is 3. The summed E-state index contributed by atoms with van der Waals surface area (Å²) in [5.41, 5.74) is 1.13. The Hall–Kier alpha value is -1.84. The summed E-state index contributed by atoms with van der Waals surface area (Å²) in [6, 6.07) is 8.09. The topological polar surface area (TPSA) is 46.6 Å². The molecule has 0 saturated heterocycles. The lowest BCUT2D eigenvalue weighted by Crippen LogP contribution is -2.23. The number of benzene rings is 1. The molecule has 0 aliphatic rings. The van der Waals surface area contributed by atoms with E-state index in [2.05, 4.69) is 11.0 Å². The molecule has 0 bridgehead atoms. The van der Waals surface area contributed by atoms with Gasteiger partial charge in [-0.3, -0.25) is 9.59 Å². The van der Waals surface area contributed by atoms with Crippen LogP contribution in [-0.2, 0) is 9.59 Å². The molecule has 0 fully saturated rings. The van der Waals surface area contributed by atoms with Crippen molar-refractivity contribution >= 4 is 17.3 Å². The van der Waals surface area contributed by atoms with Crippen molar-refractivity contribution in [2.24, 2.45) is 5.92 Å². The fourth-order valence-corrected chi connectivity index (χ4v) is 3.19. The van der Waals surface area contributed by atoms with Gasteiger partial charge in [-0.05, 0) is 37.8 Å². The number of carbonyl (C=O) groups is 2. The zero-order valence-corrected chi connectivity index (χ0v) is 17.6. The lowest BCUT2D eigenvalue weighted by Gasteiger charge is -2.15. The molecule has 0 spiro atoms. The molecule has 27 heavy (non-hydrogen) atoms. The predicted octanol–water partition coefficient (Wildman–Crippen LogP) is 5.44. The minimum atomic E-state index is -0.366. The van der Waals surface area contributed by atoms with E-state index in [1.807, 2.05) is 46.1 Å². The van der Waals surface area contributed by atoms with Gasteiger partial charge in [0.25, 0.3) is 0 Å². The van der Waals surface area contributed by atoms with E-state index in [9.17, 15) is 9.59 Å². The average molecular weight is 376 g/mol. The van der Waals surface area contributed by atoms with Crippen LogP contribution in [0.4, 0.5) is 5.69 Å². The first kappa shape index (κ1) is 23.2. The van der Waals surface area contributed by atoms with Gasteiger partial charge in [0.2, 0.25) is 0 Å². The van der Waals surface area contributed by atoms with Crippen LogP contribution in [0.5, 0.6) is 5.75 Å². The molecule has 0 aliphatic carbocycles. The van der Waals surface area contributed by atoms with Crippen molar-refractivity contribution in [3.05, 3.63) is 24.3 Å². The Kier molecular flexibility index (Phi) is 11.5. The van der Waals surface area contributed by atoms with E-state index in [4.69, 9.17) is 4.74 Å². The first-order valence-electron chi connectivity index (χ1n) is 10.4. The maximum atomic E-state index is 12.2. The Morgan fingerprint density at radius 3 is 2.19 bits per heavy atom. The van der Waals surface area contributed by atoms with E-state index in [0.29, 0.717) is 25.9 Å². The summed E-state index contributed by atoms with van der Waals surface area (Å²) in [7, 11) is 4.03. The highest BCUT2D eigenvalue weighted by atomic mass is 16.5. The second-order valence-corrected chi connectivity index (χ2v) is 7.43. The van der Waals surface area contributed by atoms with Crippen LogP contribution >= 0.6 is 0 Å². The summed E-state index contributed by atoms with van der Waals surface area (Å²) in [5, 5.41) is 0. The molecule has 0 aliphatic heterocycles. The van der Waals surface area contributed by atoms with Gasteiger partial charge in [0.05, 0.1) is 12.5 Å². The van der Waals surface area contributed by atoms with Crippen LogP contribution in [0.15, 0.2) is 24.3 Å². The summed E-state index contributed by atoms with van der Waals surface area (Å²) in [5.74, 6) is 0.812. The number of carbonyl (C=O) groups excluding carboxylic acids is 2. The Morgan fingerprint density at radius 1 is 0.963 bits per heavy atom. The van der Waals surface area contributed by atoms with E-state index >= 15 is 0 Å². The Bertz CT molecular complexity index is 550. The molecule has 0 atom stereocenters. The van der Waals surface area contributed by atoms with E-state index in [1.165, 1.54) is 0 Å². The average Bonchev–Trinajstić information content (AvgIpc) is 2.64. The number of ether oxygens (including phenoxy) is 1. The van der Waals surface area contributed by atoms with Gasteiger partial charge < -0.3 is 9.64 Å².